The Kier molecular flexibility index (Phi) is 7.77. The smallest absolute Gasteiger partial charge is 0.289 e. The summed E-state index contributed by atoms with van der Waals surface area (Å²) >= 11 is 0. The van der Waals surface area contributed by atoms with Gasteiger partial charge in [-0.15, -0.1) is 0 Å². The van der Waals surface area contributed by atoms with Crippen LogP contribution in [-0.4, -0.2) is 35.2 Å². The third-order valence-corrected chi connectivity index (χ3v) is 7.02. The lowest BCUT2D eigenvalue weighted by Crippen LogP contribution is -2.40. The molecule has 1 unspecified atom stereocenters. The van der Waals surface area contributed by atoms with E-state index in [1.165, 1.54) is 12.1 Å². The zero-order chi connectivity index (χ0) is 27.4. The van der Waals surface area contributed by atoms with Crippen molar-refractivity contribution in [2.75, 3.05) is 13.6 Å². The maximum Gasteiger partial charge on any atom is 0.289 e. The maximum absolute atomic E-state index is 13.7. The largest absolute Gasteiger partial charge is 0.486 e. The molecule has 0 spiro atoms. The fourth-order valence-electron chi connectivity index (χ4n) is 5.00. The van der Waals surface area contributed by atoms with Gasteiger partial charge in [0, 0.05) is 26.6 Å². The van der Waals surface area contributed by atoms with Gasteiger partial charge in [0.1, 0.15) is 23.9 Å². The summed E-state index contributed by atoms with van der Waals surface area (Å²) in [5, 5.41) is 0. The lowest BCUT2D eigenvalue weighted by atomic mass is 9.87. The van der Waals surface area contributed by atoms with Gasteiger partial charge in [-0.25, -0.2) is 4.39 Å². The Morgan fingerprint density at radius 2 is 1.79 bits per heavy atom. The van der Waals surface area contributed by atoms with E-state index in [1.807, 2.05) is 60.4 Å². The van der Waals surface area contributed by atoms with Gasteiger partial charge in [0.15, 0.2) is 5.76 Å². The van der Waals surface area contributed by atoms with E-state index in [2.05, 4.69) is 0 Å². The molecule has 6 nitrogen and oxygen atoms in total. The molecule has 1 aliphatic rings. The van der Waals surface area contributed by atoms with E-state index in [0.717, 1.165) is 28.7 Å². The van der Waals surface area contributed by atoms with Gasteiger partial charge in [0.25, 0.3) is 5.91 Å². The number of rotatable bonds is 8. The van der Waals surface area contributed by atoms with Gasteiger partial charge in [-0.1, -0.05) is 55.5 Å². The van der Waals surface area contributed by atoms with Crippen LogP contribution in [0.1, 0.15) is 58.0 Å². The second-order valence-electron chi connectivity index (χ2n) is 9.71. The second kappa shape index (κ2) is 11.6. The van der Waals surface area contributed by atoms with Crippen molar-refractivity contribution in [2.24, 2.45) is 0 Å². The van der Waals surface area contributed by atoms with Crippen LogP contribution in [0.25, 0.3) is 0 Å². The van der Waals surface area contributed by atoms with Crippen LogP contribution in [0, 0.1) is 5.82 Å². The predicted octanol–water partition coefficient (Wildman–Crippen LogP) is 6.15. The van der Waals surface area contributed by atoms with Crippen LogP contribution < -0.4 is 4.74 Å². The molecule has 200 valence electrons. The number of fused-ring (bicyclic) bond motifs is 1. The molecule has 0 bridgehead atoms. The number of carbonyl (C=O) groups excluding carboxylic acids is 2. The van der Waals surface area contributed by atoms with E-state index in [1.54, 1.807) is 36.2 Å². The van der Waals surface area contributed by atoms with E-state index in [9.17, 15) is 14.0 Å². The highest BCUT2D eigenvalue weighted by Gasteiger charge is 2.31. The van der Waals surface area contributed by atoms with Gasteiger partial charge in [-0.05, 0) is 65.1 Å². The number of halogens is 1. The van der Waals surface area contributed by atoms with E-state index >= 15 is 0 Å². The van der Waals surface area contributed by atoms with Gasteiger partial charge in [-0.3, -0.25) is 9.59 Å². The molecule has 4 aromatic rings. The zero-order valence-electron chi connectivity index (χ0n) is 22.1. The van der Waals surface area contributed by atoms with Crippen LogP contribution in [0.2, 0.25) is 0 Å². The highest BCUT2D eigenvalue weighted by Crippen LogP contribution is 2.37. The van der Waals surface area contributed by atoms with Crippen molar-refractivity contribution in [1.29, 1.82) is 0 Å². The molecule has 3 aromatic carbocycles. The molecule has 1 aliphatic heterocycles. The summed E-state index contributed by atoms with van der Waals surface area (Å²) in [6.07, 6.45) is 1.13. The lowest BCUT2D eigenvalue weighted by molar-refractivity contribution is -0.132. The first-order valence-corrected chi connectivity index (χ1v) is 13.1. The van der Waals surface area contributed by atoms with Crippen molar-refractivity contribution >= 4 is 11.8 Å². The topological polar surface area (TPSA) is 63.0 Å². The Morgan fingerprint density at radius 3 is 2.54 bits per heavy atom. The summed E-state index contributed by atoms with van der Waals surface area (Å²) in [7, 11) is 1.74. The van der Waals surface area contributed by atoms with E-state index < -0.39 is 0 Å². The first kappa shape index (κ1) is 26.2. The summed E-state index contributed by atoms with van der Waals surface area (Å²) in [5.41, 5.74) is 3.98. The fourth-order valence-corrected chi connectivity index (χ4v) is 5.00. The quantitative estimate of drug-likeness (QED) is 0.276. The van der Waals surface area contributed by atoms with Crippen molar-refractivity contribution in [2.45, 2.75) is 39.0 Å². The number of carbonyl (C=O) groups is 2. The molecular formula is C32H31FN2O4. The van der Waals surface area contributed by atoms with Crippen LogP contribution in [-0.2, 0) is 24.4 Å². The van der Waals surface area contributed by atoms with Crippen molar-refractivity contribution in [3.05, 3.63) is 125 Å². The van der Waals surface area contributed by atoms with Gasteiger partial charge in [0.2, 0.25) is 5.91 Å². The van der Waals surface area contributed by atoms with Gasteiger partial charge in [-0.2, -0.15) is 0 Å². The highest BCUT2D eigenvalue weighted by molar-refractivity contribution is 5.91. The molecule has 2 heterocycles. The minimum absolute atomic E-state index is 0.0475. The number of amides is 2. The molecule has 2 amide bonds. The molecule has 0 N–H and O–H groups in total. The molecule has 39 heavy (non-hydrogen) atoms. The van der Waals surface area contributed by atoms with Gasteiger partial charge in [0.05, 0.1) is 6.04 Å². The van der Waals surface area contributed by atoms with Gasteiger partial charge >= 0.3 is 0 Å². The molecule has 1 aromatic heterocycles. The molecule has 1 atom stereocenters. The van der Waals surface area contributed by atoms with Crippen LogP contribution in [0.5, 0.6) is 5.75 Å². The average molecular weight is 527 g/mol. The van der Waals surface area contributed by atoms with E-state index in [4.69, 9.17) is 9.15 Å². The summed E-state index contributed by atoms with van der Waals surface area (Å²) in [4.78, 5) is 29.1. The first-order chi connectivity index (χ1) is 18.9. The number of ether oxygens (including phenoxy) is 1. The average Bonchev–Trinajstić information content (AvgIpc) is 3.44. The molecule has 0 aliphatic carbocycles. The zero-order valence-corrected chi connectivity index (χ0v) is 22.1. The number of furan rings is 1. The van der Waals surface area contributed by atoms with Crippen LogP contribution in [0.3, 0.4) is 0 Å². The molecular weight excluding hydrogens is 495 g/mol. The summed E-state index contributed by atoms with van der Waals surface area (Å²) in [6, 6.07) is 25.0. The molecule has 7 heteroatoms. The lowest BCUT2D eigenvalue weighted by Gasteiger charge is -2.38. The van der Waals surface area contributed by atoms with Crippen LogP contribution in [0.4, 0.5) is 4.39 Å². The van der Waals surface area contributed by atoms with E-state index in [0.29, 0.717) is 31.0 Å². The number of hydrogen-bond donors (Lipinski definition) is 0. The minimum Gasteiger partial charge on any atom is -0.486 e. The summed E-state index contributed by atoms with van der Waals surface area (Å²) in [5.74, 6) is 0.928. The highest BCUT2D eigenvalue weighted by atomic mass is 19.1. The number of benzene rings is 3. The predicted molar refractivity (Wildman–Crippen MR) is 146 cm³/mol. The second-order valence-corrected chi connectivity index (χ2v) is 9.71. The van der Waals surface area contributed by atoms with Crippen molar-refractivity contribution in [3.63, 3.8) is 0 Å². The van der Waals surface area contributed by atoms with Crippen molar-refractivity contribution < 1.29 is 23.1 Å². The third-order valence-electron chi connectivity index (χ3n) is 7.02. The monoisotopic (exact) mass is 526 g/mol. The van der Waals surface area contributed by atoms with E-state index in [-0.39, 0.29) is 36.0 Å². The molecule has 0 saturated heterocycles. The van der Waals surface area contributed by atoms with Crippen molar-refractivity contribution in [1.82, 2.24) is 9.80 Å². The summed E-state index contributed by atoms with van der Waals surface area (Å²) in [6.45, 7) is 3.08. The normalized spacial score (nSPS) is 14.5. The van der Waals surface area contributed by atoms with Crippen LogP contribution in [0.15, 0.2) is 89.3 Å². The number of nitrogens with zero attached hydrogens (tertiary/aromatic N) is 2. The molecule has 5 rings (SSSR count). The first-order valence-electron chi connectivity index (χ1n) is 13.1. The Hall–Kier alpha value is -4.39. The third kappa shape index (κ3) is 5.87. The Balaban J connectivity index is 1.31. The molecule has 0 radical (unpaired) electrons. The van der Waals surface area contributed by atoms with Crippen molar-refractivity contribution in [3.8, 4) is 5.75 Å². The maximum atomic E-state index is 13.7. The van der Waals surface area contributed by atoms with Crippen LogP contribution >= 0.6 is 0 Å². The standard InChI is InChI=1S/C32H31FN2O4/c1-3-30(36)35-18-17-23-11-14-26(19-28(23)31(35)24-9-12-25(33)13-10-24)38-21-27-15-16-29(39-27)32(37)34(2)20-22-7-5-4-6-8-22/h4-16,19,31H,3,17-18,20-21H2,1-2H3. The molecule has 0 saturated carbocycles. The minimum atomic E-state index is -0.321. The van der Waals surface area contributed by atoms with Gasteiger partial charge < -0.3 is 19.0 Å². The fraction of sp³-hybridized carbons (Fsp3) is 0.250. The number of hydrogen-bond acceptors (Lipinski definition) is 4. The Morgan fingerprint density at radius 1 is 1.03 bits per heavy atom. The molecule has 0 fully saturated rings. The SMILES string of the molecule is CCC(=O)N1CCc2ccc(OCc3ccc(C(=O)N(C)Cc4ccccc4)o3)cc2C1c1ccc(F)cc1. The Labute approximate surface area is 227 Å². The summed E-state index contributed by atoms with van der Waals surface area (Å²) < 4.78 is 25.5. The Bertz CT molecular complexity index is 1450.